The topological polar surface area (TPSA) is 130 Å². The van der Waals surface area contributed by atoms with Crippen LogP contribution in [0.15, 0.2) is 30.3 Å². The lowest BCUT2D eigenvalue weighted by atomic mass is 9.95. The fraction of sp³-hybridized carbons (Fsp3) is 0.500. The van der Waals surface area contributed by atoms with Gasteiger partial charge in [-0.25, -0.2) is 27.1 Å². The van der Waals surface area contributed by atoms with Gasteiger partial charge in [-0.1, -0.05) is 32.9 Å². The van der Waals surface area contributed by atoms with Gasteiger partial charge in [0.2, 0.25) is 16.0 Å². The summed E-state index contributed by atoms with van der Waals surface area (Å²) in [5.41, 5.74) is 2.24. The van der Waals surface area contributed by atoms with Crippen LogP contribution in [0.4, 0.5) is 10.3 Å². The fourth-order valence-corrected chi connectivity index (χ4v) is 4.10. The number of ether oxygens (including phenoxy) is 1. The van der Waals surface area contributed by atoms with Crippen LogP contribution in [-0.4, -0.2) is 59.8 Å². The van der Waals surface area contributed by atoms with Crippen molar-refractivity contribution in [2.24, 2.45) is 5.92 Å². The molecule has 2 aromatic rings. The fourth-order valence-electron chi connectivity index (χ4n) is 3.73. The molecular weight excluding hydrogens is 501 g/mol. The second kappa shape index (κ2) is 12.1. The van der Waals surface area contributed by atoms with Gasteiger partial charge in [0.1, 0.15) is 5.82 Å². The molecule has 11 heteroatoms. The van der Waals surface area contributed by atoms with Crippen molar-refractivity contribution in [3.05, 3.63) is 47.4 Å². The average molecular weight is 538 g/mol. The van der Waals surface area contributed by atoms with Gasteiger partial charge >= 0.3 is 5.97 Å². The van der Waals surface area contributed by atoms with E-state index in [2.05, 4.69) is 9.97 Å². The maximum absolute atomic E-state index is 13.7. The minimum Gasteiger partial charge on any atom is -0.481 e. The molecule has 37 heavy (non-hydrogen) atoms. The van der Waals surface area contributed by atoms with Gasteiger partial charge in [-0.3, -0.25) is 4.79 Å². The normalized spacial score (nSPS) is 14.2. The number of hydrogen-bond acceptors (Lipinski definition) is 7. The molecule has 2 rings (SSSR count). The van der Waals surface area contributed by atoms with Crippen LogP contribution in [0.5, 0.6) is 0 Å². The number of anilines is 1. The third kappa shape index (κ3) is 9.17. The molecule has 0 fully saturated rings. The quantitative estimate of drug-likeness (QED) is 0.380. The number of sulfonamides is 1. The van der Waals surface area contributed by atoms with Crippen LogP contribution >= 0.6 is 0 Å². The number of rotatable bonds is 12. The van der Waals surface area contributed by atoms with Crippen molar-refractivity contribution in [1.29, 1.82) is 0 Å². The highest BCUT2D eigenvalue weighted by molar-refractivity contribution is 7.92. The number of carbonyl (C=O) groups is 1. The first kappa shape index (κ1) is 30.3. The Morgan fingerprint density at radius 1 is 1.19 bits per heavy atom. The Bertz CT molecular complexity index is 1220. The van der Waals surface area contributed by atoms with Crippen molar-refractivity contribution in [1.82, 2.24) is 9.97 Å². The van der Waals surface area contributed by atoms with Gasteiger partial charge in [0.25, 0.3) is 0 Å². The summed E-state index contributed by atoms with van der Waals surface area (Å²) in [7, 11) is -2.27. The van der Waals surface area contributed by atoms with E-state index in [1.54, 1.807) is 12.1 Å². The van der Waals surface area contributed by atoms with E-state index in [0.29, 0.717) is 28.9 Å². The maximum atomic E-state index is 13.7. The molecule has 0 aliphatic rings. The number of aliphatic hydroxyl groups is 1. The zero-order valence-electron chi connectivity index (χ0n) is 22.3. The Morgan fingerprint density at radius 2 is 1.78 bits per heavy atom. The average Bonchev–Trinajstić information content (AvgIpc) is 2.74. The van der Waals surface area contributed by atoms with Crippen molar-refractivity contribution in [3.8, 4) is 11.3 Å². The first-order chi connectivity index (χ1) is 17.0. The van der Waals surface area contributed by atoms with E-state index >= 15 is 0 Å². The highest BCUT2D eigenvalue weighted by atomic mass is 32.2. The zero-order chi connectivity index (χ0) is 28.1. The summed E-state index contributed by atoms with van der Waals surface area (Å²) >= 11 is 0. The molecule has 0 aliphatic heterocycles. The Hall–Kier alpha value is -2.89. The predicted molar refractivity (Wildman–Crippen MR) is 141 cm³/mol. The van der Waals surface area contributed by atoms with E-state index < -0.39 is 33.7 Å². The molecule has 0 unspecified atom stereocenters. The smallest absolute Gasteiger partial charge is 0.305 e. The van der Waals surface area contributed by atoms with Gasteiger partial charge < -0.3 is 14.9 Å². The zero-order valence-corrected chi connectivity index (χ0v) is 23.1. The van der Waals surface area contributed by atoms with Gasteiger partial charge in [-0.15, -0.1) is 0 Å². The third-order valence-corrected chi connectivity index (χ3v) is 6.65. The van der Waals surface area contributed by atoms with Crippen molar-refractivity contribution in [2.75, 3.05) is 17.6 Å². The molecule has 0 spiro atoms. The number of benzene rings is 1. The van der Waals surface area contributed by atoms with Crippen molar-refractivity contribution in [3.63, 3.8) is 0 Å². The molecule has 2 atom stereocenters. The lowest BCUT2D eigenvalue weighted by Gasteiger charge is -2.26. The number of aromatic nitrogens is 2. The molecule has 0 saturated heterocycles. The van der Waals surface area contributed by atoms with Crippen LogP contribution in [0.3, 0.4) is 0 Å². The SMILES string of the molecule is CC(C)c1nc(N(C)S(C)(=O)=O)nc(-c2ccc(F)cc2)c1/C=C/[C@@H](C)C[C@H](CC(=O)O)OC(C)(C)O. The number of halogens is 1. The van der Waals surface area contributed by atoms with E-state index in [-0.39, 0.29) is 24.2 Å². The molecule has 1 aromatic heterocycles. The molecule has 0 amide bonds. The lowest BCUT2D eigenvalue weighted by Crippen LogP contribution is -2.32. The van der Waals surface area contributed by atoms with Gasteiger partial charge in [-0.05, 0) is 56.4 Å². The number of carboxylic acid groups (broad SMARTS) is 1. The summed E-state index contributed by atoms with van der Waals surface area (Å²) in [6.07, 6.45) is 4.06. The monoisotopic (exact) mass is 537 g/mol. The molecule has 0 radical (unpaired) electrons. The summed E-state index contributed by atoms with van der Waals surface area (Å²) in [4.78, 5) is 20.4. The number of nitrogens with zero attached hydrogens (tertiary/aromatic N) is 3. The maximum Gasteiger partial charge on any atom is 0.305 e. The Morgan fingerprint density at radius 3 is 2.27 bits per heavy atom. The minimum atomic E-state index is -3.63. The summed E-state index contributed by atoms with van der Waals surface area (Å²) in [5, 5.41) is 19.2. The molecular formula is C26H36FN3O6S. The van der Waals surface area contributed by atoms with Gasteiger partial charge in [-0.2, -0.15) is 0 Å². The molecule has 0 bridgehead atoms. The van der Waals surface area contributed by atoms with Crippen LogP contribution in [0.25, 0.3) is 17.3 Å². The van der Waals surface area contributed by atoms with E-state index in [9.17, 15) is 27.8 Å². The van der Waals surface area contributed by atoms with E-state index in [0.717, 1.165) is 10.6 Å². The number of hydrogen-bond donors (Lipinski definition) is 2. The second-order valence-electron chi connectivity index (χ2n) is 9.92. The lowest BCUT2D eigenvalue weighted by molar-refractivity contribution is -0.210. The summed E-state index contributed by atoms with van der Waals surface area (Å²) in [6.45, 7) is 8.61. The van der Waals surface area contributed by atoms with Crippen LogP contribution in [0.2, 0.25) is 0 Å². The standard InChI is InChI=1S/C26H36FN3O6S/c1-16(2)23-21(13-8-17(3)14-20(15-22(31)32)36-26(4,5)33)24(18-9-11-19(27)12-10-18)29-25(28-23)30(6)37(7,34)35/h8-13,16-17,20,33H,14-15H2,1-7H3,(H,31,32)/b13-8+/t17-,20-/m1/s1. The van der Waals surface area contributed by atoms with Crippen LogP contribution < -0.4 is 4.31 Å². The van der Waals surface area contributed by atoms with Gasteiger partial charge in [0.05, 0.1) is 30.2 Å². The highest BCUT2D eigenvalue weighted by Gasteiger charge is 2.25. The van der Waals surface area contributed by atoms with Crippen LogP contribution in [-0.2, 0) is 19.6 Å². The van der Waals surface area contributed by atoms with Crippen molar-refractivity contribution in [2.45, 2.75) is 65.3 Å². The first-order valence-corrected chi connectivity index (χ1v) is 13.7. The van der Waals surface area contributed by atoms with Crippen molar-refractivity contribution < 1.29 is 32.6 Å². The highest BCUT2D eigenvalue weighted by Crippen LogP contribution is 2.32. The molecule has 0 aliphatic carbocycles. The molecule has 1 heterocycles. The minimum absolute atomic E-state index is 0.00387. The molecule has 204 valence electrons. The Balaban J connectivity index is 2.58. The van der Waals surface area contributed by atoms with Gasteiger partial charge in [0.15, 0.2) is 5.79 Å². The summed E-state index contributed by atoms with van der Waals surface area (Å²) < 4.78 is 44.6. The molecule has 2 N–H and O–H groups in total. The largest absolute Gasteiger partial charge is 0.481 e. The summed E-state index contributed by atoms with van der Waals surface area (Å²) in [6, 6.07) is 5.72. The number of carboxylic acids is 1. The number of aliphatic carboxylic acids is 1. The Kier molecular flexibility index (Phi) is 9.92. The molecule has 1 aromatic carbocycles. The first-order valence-electron chi connectivity index (χ1n) is 11.9. The van der Waals surface area contributed by atoms with Gasteiger partial charge in [0, 0.05) is 18.2 Å². The van der Waals surface area contributed by atoms with Crippen LogP contribution in [0, 0.1) is 11.7 Å². The summed E-state index contributed by atoms with van der Waals surface area (Å²) in [5.74, 6) is -3.22. The molecule has 9 nitrogen and oxygen atoms in total. The van der Waals surface area contributed by atoms with Crippen LogP contribution in [0.1, 0.15) is 64.6 Å². The van der Waals surface area contributed by atoms with E-state index in [1.807, 2.05) is 32.9 Å². The van der Waals surface area contributed by atoms with E-state index in [1.165, 1.54) is 33.0 Å². The molecule has 0 saturated carbocycles. The van der Waals surface area contributed by atoms with E-state index in [4.69, 9.17) is 4.74 Å². The van der Waals surface area contributed by atoms with Crippen molar-refractivity contribution >= 4 is 28.0 Å². The third-order valence-electron chi connectivity index (χ3n) is 5.49. The predicted octanol–water partition coefficient (Wildman–Crippen LogP) is 4.43. The Labute approximate surface area is 218 Å². The second-order valence-corrected chi connectivity index (χ2v) is 11.9. The number of allylic oxidation sites excluding steroid dienone is 1.